The van der Waals surface area contributed by atoms with Crippen LogP contribution in [0.4, 0.5) is 0 Å². The maximum atomic E-state index is 11.2. The molecule has 2 rings (SSSR count). The highest BCUT2D eigenvalue weighted by molar-refractivity contribution is 5.03. The number of likely N-dealkylation sites (tertiary alicyclic amines) is 1. The summed E-state index contributed by atoms with van der Waals surface area (Å²) in [5.41, 5.74) is 0.922. The third-order valence-corrected chi connectivity index (χ3v) is 3.45. The van der Waals surface area contributed by atoms with Crippen molar-refractivity contribution in [2.75, 3.05) is 19.6 Å². The molecule has 18 heavy (non-hydrogen) atoms. The van der Waals surface area contributed by atoms with E-state index in [1.165, 1.54) is 32.4 Å². The SMILES string of the molecule is CC(CN1CCCCC1)NCc1cccc(=O)[nH]1. The van der Waals surface area contributed by atoms with E-state index in [1.54, 1.807) is 12.1 Å². The highest BCUT2D eigenvalue weighted by Crippen LogP contribution is 2.08. The molecule has 0 radical (unpaired) electrons. The Morgan fingerprint density at radius 1 is 1.33 bits per heavy atom. The van der Waals surface area contributed by atoms with Crippen LogP contribution in [0.3, 0.4) is 0 Å². The van der Waals surface area contributed by atoms with Gasteiger partial charge < -0.3 is 15.2 Å². The molecule has 0 aliphatic carbocycles. The smallest absolute Gasteiger partial charge is 0.248 e. The van der Waals surface area contributed by atoms with Crippen LogP contribution < -0.4 is 10.9 Å². The molecule has 0 aromatic carbocycles. The molecule has 1 aliphatic heterocycles. The van der Waals surface area contributed by atoms with Crippen molar-refractivity contribution in [3.63, 3.8) is 0 Å². The molecule has 100 valence electrons. The lowest BCUT2D eigenvalue weighted by molar-refractivity contribution is 0.208. The summed E-state index contributed by atoms with van der Waals surface area (Å²) in [6, 6.07) is 5.74. The fourth-order valence-corrected chi connectivity index (χ4v) is 2.47. The second-order valence-electron chi connectivity index (χ2n) is 5.18. The van der Waals surface area contributed by atoms with Crippen molar-refractivity contribution in [1.29, 1.82) is 0 Å². The number of H-pyrrole nitrogens is 1. The molecule has 1 aromatic heterocycles. The van der Waals surface area contributed by atoms with Crippen LogP contribution >= 0.6 is 0 Å². The van der Waals surface area contributed by atoms with Gasteiger partial charge in [-0.05, 0) is 38.9 Å². The van der Waals surface area contributed by atoms with Gasteiger partial charge in [-0.25, -0.2) is 0 Å². The van der Waals surface area contributed by atoms with E-state index in [-0.39, 0.29) is 5.56 Å². The average molecular weight is 249 g/mol. The summed E-state index contributed by atoms with van der Waals surface area (Å²) in [4.78, 5) is 16.5. The van der Waals surface area contributed by atoms with Crippen molar-refractivity contribution in [1.82, 2.24) is 15.2 Å². The molecule has 4 nitrogen and oxygen atoms in total. The van der Waals surface area contributed by atoms with Gasteiger partial charge >= 0.3 is 0 Å². The summed E-state index contributed by atoms with van der Waals surface area (Å²) in [5.74, 6) is 0. The van der Waals surface area contributed by atoms with Crippen LogP contribution in [0.2, 0.25) is 0 Å². The standard InChI is InChI=1S/C14H23N3O/c1-12(11-17-8-3-2-4-9-17)15-10-13-6-5-7-14(18)16-13/h5-7,12,15H,2-4,8-11H2,1H3,(H,16,18). The molecule has 1 unspecified atom stereocenters. The van der Waals surface area contributed by atoms with Crippen molar-refractivity contribution in [2.24, 2.45) is 0 Å². The summed E-state index contributed by atoms with van der Waals surface area (Å²) in [7, 11) is 0. The molecule has 0 bridgehead atoms. The lowest BCUT2D eigenvalue weighted by atomic mass is 10.1. The Kier molecular flexibility index (Phi) is 4.96. The van der Waals surface area contributed by atoms with Crippen LogP contribution in [-0.2, 0) is 6.54 Å². The van der Waals surface area contributed by atoms with Crippen LogP contribution in [0.15, 0.2) is 23.0 Å². The number of nitrogens with one attached hydrogen (secondary N) is 2. The topological polar surface area (TPSA) is 48.1 Å². The Labute approximate surface area is 108 Å². The third kappa shape index (κ3) is 4.27. The third-order valence-electron chi connectivity index (χ3n) is 3.45. The minimum atomic E-state index is -0.0296. The van der Waals surface area contributed by atoms with E-state index < -0.39 is 0 Å². The second-order valence-corrected chi connectivity index (χ2v) is 5.18. The van der Waals surface area contributed by atoms with E-state index in [9.17, 15) is 4.79 Å². The van der Waals surface area contributed by atoms with Gasteiger partial charge in [0.2, 0.25) is 5.56 Å². The van der Waals surface area contributed by atoms with Crippen molar-refractivity contribution in [2.45, 2.75) is 38.8 Å². The normalized spacial score (nSPS) is 18.7. The van der Waals surface area contributed by atoms with Crippen LogP contribution in [0.1, 0.15) is 31.9 Å². The van der Waals surface area contributed by atoms with E-state index in [0.717, 1.165) is 18.8 Å². The van der Waals surface area contributed by atoms with Gasteiger partial charge in [0.1, 0.15) is 0 Å². The van der Waals surface area contributed by atoms with Crippen molar-refractivity contribution < 1.29 is 0 Å². The maximum Gasteiger partial charge on any atom is 0.248 e. The Bertz CT molecular complexity index is 410. The zero-order chi connectivity index (χ0) is 12.8. The summed E-state index contributed by atoms with van der Waals surface area (Å²) in [6.07, 6.45) is 4.04. The molecule has 0 spiro atoms. The highest BCUT2D eigenvalue weighted by atomic mass is 16.1. The van der Waals surface area contributed by atoms with E-state index >= 15 is 0 Å². The number of rotatable bonds is 5. The minimum absolute atomic E-state index is 0.0296. The van der Waals surface area contributed by atoms with Gasteiger partial charge in [0, 0.05) is 30.9 Å². The van der Waals surface area contributed by atoms with Gasteiger partial charge in [-0.15, -0.1) is 0 Å². The molecular weight excluding hydrogens is 226 g/mol. The van der Waals surface area contributed by atoms with Crippen LogP contribution in [-0.4, -0.2) is 35.6 Å². The van der Waals surface area contributed by atoms with Crippen LogP contribution in [0.5, 0.6) is 0 Å². The quantitative estimate of drug-likeness (QED) is 0.828. The Morgan fingerprint density at radius 3 is 2.83 bits per heavy atom. The number of nitrogens with zero attached hydrogens (tertiary/aromatic N) is 1. The van der Waals surface area contributed by atoms with Gasteiger partial charge in [-0.3, -0.25) is 4.79 Å². The number of aromatic amines is 1. The molecule has 1 aliphatic rings. The number of aromatic nitrogens is 1. The molecule has 1 fully saturated rings. The van der Waals surface area contributed by atoms with Crippen LogP contribution in [0, 0.1) is 0 Å². The maximum absolute atomic E-state index is 11.2. The van der Waals surface area contributed by atoms with Crippen LogP contribution in [0.25, 0.3) is 0 Å². The molecule has 0 saturated carbocycles. The highest BCUT2D eigenvalue weighted by Gasteiger charge is 2.12. The Balaban J connectivity index is 1.74. The van der Waals surface area contributed by atoms with E-state index in [4.69, 9.17) is 0 Å². The van der Waals surface area contributed by atoms with Crippen molar-refractivity contribution in [3.8, 4) is 0 Å². The summed E-state index contributed by atoms with van der Waals surface area (Å²) >= 11 is 0. The average Bonchev–Trinajstić information content (AvgIpc) is 2.38. The predicted molar refractivity (Wildman–Crippen MR) is 73.7 cm³/mol. The van der Waals surface area contributed by atoms with Crippen molar-refractivity contribution >= 4 is 0 Å². The second kappa shape index (κ2) is 6.71. The zero-order valence-electron chi connectivity index (χ0n) is 11.1. The Morgan fingerprint density at radius 2 is 2.11 bits per heavy atom. The monoisotopic (exact) mass is 249 g/mol. The number of pyridine rings is 1. The van der Waals surface area contributed by atoms with Crippen molar-refractivity contribution in [3.05, 3.63) is 34.2 Å². The van der Waals surface area contributed by atoms with E-state index in [1.807, 2.05) is 6.07 Å². The first-order chi connectivity index (χ1) is 8.74. The Hall–Kier alpha value is -1.13. The largest absolute Gasteiger partial charge is 0.325 e. The predicted octanol–water partition coefficient (Wildman–Crippen LogP) is 1.34. The first-order valence-electron chi connectivity index (χ1n) is 6.88. The number of hydrogen-bond donors (Lipinski definition) is 2. The van der Waals surface area contributed by atoms with E-state index in [0.29, 0.717) is 6.04 Å². The van der Waals surface area contributed by atoms with Gasteiger partial charge in [0.05, 0.1) is 0 Å². The molecule has 1 saturated heterocycles. The summed E-state index contributed by atoms with van der Waals surface area (Å²) < 4.78 is 0. The van der Waals surface area contributed by atoms with E-state index in [2.05, 4.69) is 22.1 Å². The molecule has 1 atom stereocenters. The number of piperidine rings is 1. The molecule has 1 aromatic rings. The summed E-state index contributed by atoms with van der Waals surface area (Å²) in [6.45, 7) is 6.49. The van der Waals surface area contributed by atoms with Gasteiger partial charge in [-0.2, -0.15) is 0 Å². The van der Waals surface area contributed by atoms with Gasteiger partial charge in [0.15, 0.2) is 0 Å². The lowest BCUT2D eigenvalue weighted by Crippen LogP contribution is -2.41. The number of hydrogen-bond acceptors (Lipinski definition) is 3. The molecule has 4 heteroatoms. The fraction of sp³-hybridized carbons (Fsp3) is 0.643. The first kappa shape index (κ1) is 13.3. The summed E-state index contributed by atoms with van der Waals surface area (Å²) in [5, 5.41) is 3.46. The molecule has 2 heterocycles. The van der Waals surface area contributed by atoms with Gasteiger partial charge in [-0.1, -0.05) is 12.5 Å². The fourth-order valence-electron chi connectivity index (χ4n) is 2.47. The first-order valence-corrected chi connectivity index (χ1v) is 6.88. The molecule has 0 amide bonds. The molecular formula is C14H23N3O. The zero-order valence-corrected chi connectivity index (χ0v) is 11.1. The minimum Gasteiger partial charge on any atom is -0.325 e. The van der Waals surface area contributed by atoms with Gasteiger partial charge in [0.25, 0.3) is 0 Å². The lowest BCUT2D eigenvalue weighted by Gasteiger charge is -2.29. The molecule has 2 N–H and O–H groups in total.